The van der Waals surface area contributed by atoms with Gasteiger partial charge >= 0.3 is 6.09 Å². The zero-order valence-electron chi connectivity index (χ0n) is 18.7. The van der Waals surface area contributed by atoms with Gasteiger partial charge in [-0.3, -0.25) is 9.69 Å². The molecule has 0 aromatic heterocycles. The van der Waals surface area contributed by atoms with Crippen molar-refractivity contribution in [3.05, 3.63) is 58.1 Å². The zero-order valence-corrected chi connectivity index (χ0v) is 20.2. The van der Waals surface area contributed by atoms with Gasteiger partial charge < -0.3 is 20.5 Å². The van der Waals surface area contributed by atoms with Crippen molar-refractivity contribution >= 4 is 35.2 Å². The first-order valence-electron chi connectivity index (χ1n) is 10.9. The molecule has 0 bridgehead atoms. The lowest BCUT2D eigenvalue weighted by atomic mass is 9.86. The summed E-state index contributed by atoms with van der Waals surface area (Å²) in [6, 6.07) is 12.5. The molecule has 7 nitrogen and oxygen atoms in total. The summed E-state index contributed by atoms with van der Waals surface area (Å²) < 4.78 is 5.96. The van der Waals surface area contributed by atoms with Crippen LogP contribution in [0.25, 0.3) is 0 Å². The van der Waals surface area contributed by atoms with Crippen LogP contribution in [0, 0.1) is 5.92 Å². The minimum Gasteiger partial charge on any atom is -0.465 e. The number of carboxylic acid groups (broad SMARTS) is 1. The molecule has 0 spiro atoms. The lowest BCUT2D eigenvalue weighted by Gasteiger charge is -2.39. The average molecular weight is 494 g/mol. The molecule has 0 saturated carbocycles. The predicted molar refractivity (Wildman–Crippen MR) is 129 cm³/mol. The molecule has 3 rings (SSSR count). The predicted octanol–water partition coefficient (Wildman–Crippen LogP) is 5.33. The van der Waals surface area contributed by atoms with Gasteiger partial charge in [0.15, 0.2) is 0 Å². The summed E-state index contributed by atoms with van der Waals surface area (Å²) in [5.74, 6) is 1.15. The third kappa shape index (κ3) is 6.76. The molecule has 2 amide bonds. The van der Waals surface area contributed by atoms with Crippen molar-refractivity contribution in [1.82, 2.24) is 15.5 Å². The molecule has 3 N–H and O–H groups in total. The maximum atomic E-state index is 11.8. The Morgan fingerprint density at radius 1 is 1.15 bits per heavy atom. The van der Waals surface area contributed by atoms with Crippen LogP contribution in [0.3, 0.4) is 0 Å². The van der Waals surface area contributed by atoms with Gasteiger partial charge in [0, 0.05) is 30.6 Å². The Hall–Kier alpha value is -2.48. The Bertz CT molecular complexity index is 963. The fourth-order valence-electron chi connectivity index (χ4n) is 4.26. The van der Waals surface area contributed by atoms with E-state index in [1.807, 2.05) is 18.2 Å². The maximum Gasteiger partial charge on any atom is 0.404 e. The smallest absolute Gasteiger partial charge is 0.404 e. The molecule has 1 aliphatic heterocycles. The van der Waals surface area contributed by atoms with E-state index in [4.69, 9.17) is 27.9 Å². The molecule has 2 aromatic carbocycles. The van der Waals surface area contributed by atoms with Gasteiger partial charge in [-0.2, -0.15) is 0 Å². The molecule has 2 unspecified atom stereocenters. The van der Waals surface area contributed by atoms with Gasteiger partial charge in [0.2, 0.25) is 5.91 Å². The number of ether oxygens (including phenoxy) is 1. The van der Waals surface area contributed by atoms with Gasteiger partial charge in [0.1, 0.15) is 11.5 Å². The highest BCUT2D eigenvalue weighted by Gasteiger charge is 2.31. The highest BCUT2D eigenvalue weighted by Crippen LogP contribution is 2.38. The zero-order chi connectivity index (χ0) is 24.0. The Morgan fingerprint density at radius 2 is 1.82 bits per heavy atom. The van der Waals surface area contributed by atoms with Crippen LogP contribution >= 0.6 is 23.2 Å². The van der Waals surface area contributed by atoms with Gasteiger partial charge in [-0.1, -0.05) is 35.3 Å². The van der Waals surface area contributed by atoms with Crippen molar-refractivity contribution in [1.29, 1.82) is 0 Å². The van der Waals surface area contributed by atoms with Crippen LogP contribution in [0.15, 0.2) is 42.5 Å². The van der Waals surface area contributed by atoms with Gasteiger partial charge in [0.25, 0.3) is 0 Å². The second kappa shape index (κ2) is 11.6. The van der Waals surface area contributed by atoms with Crippen molar-refractivity contribution in [3.8, 4) is 11.5 Å². The number of amides is 2. The molecule has 9 heteroatoms. The van der Waals surface area contributed by atoms with Crippen LogP contribution in [0.1, 0.15) is 37.8 Å². The number of halogens is 2. The summed E-state index contributed by atoms with van der Waals surface area (Å²) in [5.41, 5.74) is 0.965. The second-order valence-electron chi connectivity index (χ2n) is 8.20. The molecule has 33 heavy (non-hydrogen) atoms. The van der Waals surface area contributed by atoms with Crippen LogP contribution in [-0.2, 0) is 4.79 Å². The van der Waals surface area contributed by atoms with E-state index in [0.29, 0.717) is 21.5 Å². The molecular weight excluding hydrogens is 465 g/mol. The van der Waals surface area contributed by atoms with Crippen LogP contribution in [-0.4, -0.2) is 48.2 Å². The van der Waals surface area contributed by atoms with Crippen LogP contribution < -0.4 is 15.4 Å². The molecule has 1 fully saturated rings. The SMILES string of the molecule is CNC(=O)CC(NC(=O)O)C1CCN(C(C)c2cccc(Oc3ccc(Cl)cc3)c2Cl)CC1. The first-order chi connectivity index (χ1) is 15.8. The summed E-state index contributed by atoms with van der Waals surface area (Å²) in [6.07, 6.45) is 0.596. The first kappa shape index (κ1) is 25.1. The summed E-state index contributed by atoms with van der Waals surface area (Å²) in [5, 5.41) is 15.5. The number of hydrogen-bond donors (Lipinski definition) is 3. The minimum atomic E-state index is -1.11. The van der Waals surface area contributed by atoms with Crippen molar-refractivity contribution in [2.45, 2.75) is 38.3 Å². The molecule has 1 aliphatic rings. The largest absolute Gasteiger partial charge is 0.465 e. The van der Waals surface area contributed by atoms with Gasteiger partial charge in [-0.25, -0.2) is 4.79 Å². The molecule has 0 aliphatic carbocycles. The van der Waals surface area contributed by atoms with Crippen molar-refractivity contribution in [2.75, 3.05) is 20.1 Å². The highest BCUT2D eigenvalue weighted by atomic mass is 35.5. The van der Waals surface area contributed by atoms with E-state index in [-0.39, 0.29) is 24.3 Å². The van der Waals surface area contributed by atoms with Crippen LogP contribution in [0.5, 0.6) is 11.5 Å². The maximum absolute atomic E-state index is 11.8. The number of carbonyl (C=O) groups excluding carboxylic acids is 1. The molecule has 0 radical (unpaired) electrons. The van der Waals surface area contributed by atoms with E-state index in [1.54, 1.807) is 31.3 Å². The van der Waals surface area contributed by atoms with E-state index in [0.717, 1.165) is 31.5 Å². The number of carbonyl (C=O) groups is 2. The van der Waals surface area contributed by atoms with Gasteiger partial charge in [-0.05, 0) is 74.7 Å². The summed E-state index contributed by atoms with van der Waals surface area (Å²) in [4.78, 5) is 25.4. The average Bonchev–Trinajstić information content (AvgIpc) is 2.80. The fourth-order valence-corrected chi connectivity index (χ4v) is 4.71. The van der Waals surface area contributed by atoms with E-state index in [1.165, 1.54) is 0 Å². The third-order valence-electron chi connectivity index (χ3n) is 6.17. The molecular formula is C24H29Cl2N3O4. The monoisotopic (exact) mass is 493 g/mol. The normalized spacial score (nSPS) is 16.6. The van der Waals surface area contributed by atoms with Crippen LogP contribution in [0.2, 0.25) is 10.0 Å². The molecule has 1 heterocycles. The van der Waals surface area contributed by atoms with Crippen LogP contribution in [0.4, 0.5) is 4.79 Å². The van der Waals surface area contributed by atoms with Crippen molar-refractivity contribution in [2.24, 2.45) is 5.92 Å². The van der Waals surface area contributed by atoms with Gasteiger partial charge in [0.05, 0.1) is 5.02 Å². The number of rotatable bonds is 8. The molecule has 178 valence electrons. The summed E-state index contributed by atoms with van der Waals surface area (Å²) in [7, 11) is 1.55. The minimum absolute atomic E-state index is 0.0528. The Kier molecular flexibility index (Phi) is 8.83. The molecule has 2 atom stereocenters. The lowest BCUT2D eigenvalue weighted by molar-refractivity contribution is -0.121. The van der Waals surface area contributed by atoms with E-state index < -0.39 is 12.1 Å². The number of nitrogens with zero attached hydrogens (tertiary/aromatic N) is 1. The topological polar surface area (TPSA) is 90.9 Å². The highest BCUT2D eigenvalue weighted by molar-refractivity contribution is 6.33. The van der Waals surface area contributed by atoms with E-state index in [9.17, 15) is 14.7 Å². The summed E-state index contributed by atoms with van der Waals surface area (Å²) >= 11 is 12.7. The second-order valence-corrected chi connectivity index (χ2v) is 9.01. The number of likely N-dealkylation sites (tertiary alicyclic amines) is 1. The quantitative estimate of drug-likeness (QED) is 0.462. The third-order valence-corrected chi connectivity index (χ3v) is 6.83. The Labute approximate surface area is 204 Å². The number of nitrogens with one attached hydrogen (secondary N) is 2. The van der Waals surface area contributed by atoms with E-state index in [2.05, 4.69) is 22.5 Å². The van der Waals surface area contributed by atoms with E-state index >= 15 is 0 Å². The van der Waals surface area contributed by atoms with Gasteiger partial charge in [-0.15, -0.1) is 0 Å². The Balaban J connectivity index is 1.66. The number of benzene rings is 2. The summed E-state index contributed by atoms with van der Waals surface area (Å²) in [6.45, 7) is 3.65. The van der Waals surface area contributed by atoms with Crippen molar-refractivity contribution in [3.63, 3.8) is 0 Å². The number of piperidine rings is 1. The molecule has 2 aromatic rings. The Morgan fingerprint density at radius 3 is 2.42 bits per heavy atom. The van der Waals surface area contributed by atoms with Crippen molar-refractivity contribution < 1.29 is 19.4 Å². The number of hydrogen-bond acceptors (Lipinski definition) is 4. The lowest BCUT2D eigenvalue weighted by Crippen LogP contribution is -2.47. The first-order valence-corrected chi connectivity index (χ1v) is 11.7. The standard InChI is InChI=1S/C24H29Cl2N3O4/c1-15(19-4-3-5-21(23(19)26)33-18-8-6-17(25)7-9-18)29-12-10-16(11-13-29)20(28-24(31)32)14-22(30)27-2/h3-9,15-16,20,28H,10-14H2,1-2H3,(H,27,30)(H,31,32). The molecule has 1 saturated heterocycles. The fraction of sp³-hybridized carbons (Fsp3) is 0.417.